The number of sulfone groups is 1. The third-order valence-electron chi connectivity index (χ3n) is 4.98. The van der Waals surface area contributed by atoms with Crippen molar-refractivity contribution >= 4 is 21.4 Å². The van der Waals surface area contributed by atoms with Gasteiger partial charge in [-0.2, -0.15) is 13.2 Å². The normalized spacial score (nSPS) is 24.1. The smallest absolute Gasteiger partial charge is 0.309 e. The fourth-order valence-electron chi connectivity index (χ4n) is 3.37. The van der Waals surface area contributed by atoms with Crippen LogP contribution in [0.1, 0.15) is 31.7 Å². The molecule has 1 saturated carbocycles. The van der Waals surface area contributed by atoms with Crippen molar-refractivity contribution < 1.29 is 26.4 Å². The summed E-state index contributed by atoms with van der Waals surface area (Å²) in [7, 11) is -3.25. The van der Waals surface area contributed by atoms with E-state index in [4.69, 9.17) is 0 Å². The van der Waals surface area contributed by atoms with E-state index in [-0.39, 0.29) is 41.5 Å². The highest BCUT2D eigenvalue weighted by atomic mass is 32.2. The summed E-state index contributed by atoms with van der Waals surface area (Å²) in [4.78, 5) is 14.3. The van der Waals surface area contributed by atoms with Gasteiger partial charge < -0.3 is 4.90 Å². The van der Waals surface area contributed by atoms with Crippen molar-refractivity contribution in [2.24, 2.45) is 11.8 Å². The fourth-order valence-corrected chi connectivity index (χ4v) is 5.10. The van der Waals surface area contributed by atoms with Gasteiger partial charge in [0.25, 0.3) is 0 Å². The van der Waals surface area contributed by atoms with Gasteiger partial charge in [0.05, 0.1) is 23.0 Å². The minimum Gasteiger partial charge on any atom is -0.309 e. The molecule has 8 heteroatoms. The van der Waals surface area contributed by atoms with Crippen molar-refractivity contribution in [1.29, 1.82) is 0 Å². The molecular weight excluding hydrogens is 355 g/mol. The number of carbonyl (C=O) groups is 1. The molecule has 2 fully saturated rings. The molecule has 1 heterocycles. The number of hydrogen-bond acceptors (Lipinski definition) is 3. The molecule has 3 rings (SSSR count). The van der Waals surface area contributed by atoms with Crippen LogP contribution in [0.4, 0.5) is 18.9 Å². The Labute approximate surface area is 144 Å². The lowest BCUT2D eigenvalue weighted by Gasteiger charge is -2.32. The Morgan fingerprint density at radius 1 is 1.24 bits per heavy atom. The van der Waals surface area contributed by atoms with E-state index in [9.17, 15) is 26.4 Å². The third kappa shape index (κ3) is 3.99. The fraction of sp³-hybridized carbons (Fsp3) is 0.588. The molecule has 2 atom stereocenters. The first kappa shape index (κ1) is 18.2. The van der Waals surface area contributed by atoms with E-state index in [1.165, 1.54) is 17.0 Å². The van der Waals surface area contributed by atoms with Crippen molar-refractivity contribution in [3.63, 3.8) is 0 Å². The SMILES string of the molecule is C[C@H](C1CC1)N(C(=O)[C@@H]1CCS(=O)(=O)C1)c1cccc(C(F)(F)F)c1. The molecular formula is C17H20F3NO3S. The number of alkyl halides is 3. The van der Waals surface area contributed by atoms with Gasteiger partial charge in [-0.3, -0.25) is 4.79 Å². The van der Waals surface area contributed by atoms with E-state index >= 15 is 0 Å². The molecule has 0 aromatic heterocycles. The maximum atomic E-state index is 13.0. The van der Waals surface area contributed by atoms with Crippen molar-refractivity contribution in [3.05, 3.63) is 29.8 Å². The number of halogens is 3. The maximum absolute atomic E-state index is 13.0. The van der Waals surface area contributed by atoms with Gasteiger partial charge in [0.1, 0.15) is 0 Å². The van der Waals surface area contributed by atoms with Crippen LogP contribution in [0.15, 0.2) is 24.3 Å². The Morgan fingerprint density at radius 3 is 2.44 bits per heavy atom. The third-order valence-corrected chi connectivity index (χ3v) is 6.75. The van der Waals surface area contributed by atoms with Gasteiger partial charge in [-0.05, 0) is 50.3 Å². The zero-order valence-corrected chi connectivity index (χ0v) is 14.6. The predicted molar refractivity (Wildman–Crippen MR) is 87.9 cm³/mol. The number of benzene rings is 1. The largest absolute Gasteiger partial charge is 0.416 e. The average molecular weight is 375 g/mol. The van der Waals surface area contributed by atoms with E-state index < -0.39 is 27.5 Å². The lowest BCUT2D eigenvalue weighted by molar-refractivity contribution is -0.137. The van der Waals surface area contributed by atoms with Crippen LogP contribution in [0.25, 0.3) is 0 Å². The minimum absolute atomic E-state index is 0.0440. The van der Waals surface area contributed by atoms with Gasteiger partial charge in [-0.15, -0.1) is 0 Å². The molecule has 138 valence electrons. The zero-order valence-electron chi connectivity index (χ0n) is 13.8. The first-order valence-corrected chi connectivity index (χ1v) is 10.1. The second-order valence-electron chi connectivity index (χ2n) is 6.93. The van der Waals surface area contributed by atoms with Crippen molar-refractivity contribution in [3.8, 4) is 0 Å². The summed E-state index contributed by atoms with van der Waals surface area (Å²) in [5.74, 6) is -1.09. The van der Waals surface area contributed by atoms with Crippen LogP contribution in [-0.2, 0) is 20.8 Å². The Balaban J connectivity index is 1.94. The molecule has 1 aromatic rings. The lowest BCUT2D eigenvalue weighted by Crippen LogP contribution is -2.44. The van der Waals surface area contributed by atoms with Crippen molar-refractivity contribution in [2.45, 2.75) is 38.4 Å². The predicted octanol–water partition coefficient (Wildman–Crippen LogP) is 3.27. The number of hydrogen-bond donors (Lipinski definition) is 0. The number of carbonyl (C=O) groups excluding carboxylic acids is 1. The van der Waals surface area contributed by atoms with Crippen LogP contribution in [0.3, 0.4) is 0 Å². The molecule has 1 aliphatic carbocycles. The molecule has 25 heavy (non-hydrogen) atoms. The highest BCUT2D eigenvalue weighted by Gasteiger charge is 2.41. The molecule has 0 radical (unpaired) electrons. The van der Waals surface area contributed by atoms with Crippen molar-refractivity contribution in [1.82, 2.24) is 0 Å². The second kappa shape index (κ2) is 6.30. The van der Waals surface area contributed by atoms with Gasteiger partial charge in [0, 0.05) is 11.7 Å². The Morgan fingerprint density at radius 2 is 1.92 bits per heavy atom. The monoisotopic (exact) mass is 375 g/mol. The van der Waals surface area contributed by atoms with E-state index in [1.54, 1.807) is 0 Å². The summed E-state index contributed by atoms with van der Waals surface area (Å²) in [6.45, 7) is 1.82. The lowest BCUT2D eigenvalue weighted by atomic mass is 10.0. The molecule has 1 saturated heterocycles. The Hall–Kier alpha value is -1.57. The Kier molecular flexibility index (Phi) is 4.59. The molecule has 4 nitrogen and oxygen atoms in total. The standard InChI is InChI=1S/C17H20F3NO3S/c1-11(12-5-6-12)21(16(22)13-7-8-25(23,24)10-13)15-4-2-3-14(9-15)17(18,19)20/h2-4,9,11-13H,5-8,10H2,1H3/t11-,13-/m1/s1. The van der Waals surface area contributed by atoms with Gasteiger partial charge in [-0.25, -0.2) is 8.42 Å². The molecule has 1 amide bonds. The number of amides is 1. The number of rotatable bonds is 4. The van der Waals surface area contributed by atoms with E-state index in [0.29, 0.717) is 0 Å². The highest BCUT2D eigenvalue weighted by molar-refractivity contribution is 7.91. The molecule has 0 bridgehead atoms. The highest BCUT2D eigenvalue weighted by Crippen LogP contribution is 2.39. The maximum Gasteiger partial charge on any atom is 0.416 e. The van der Waals surface area contributed by atoms with Gasteiger partial charge >= 0.3 is 6.18 Å². The zero-order chi connectivity index (χ0) is 18.4. The van der Waals surface area contributed by atoms with Crippen LogP contribution in [0, 0.1) is 11.8 Å². The van der Waals surface area contributed by atoms with E-state index in [1.807, 2.05) is 6.92 Å². The minimum atomic E-state index is -4.50. The Bertz CT molecular complexity index is 772. The van der Waals surface area contributed by atoms with Crippen LogP contribution in [-0.4, -0.2) is 31.9 Å². The van der Waals surface area contributed by atoms with Gasteiger partial charge in [-0.1, -0.05) is 6.07 Å². The quantitative estimate of drug-likeness (QED) is 0.812. The molecule has 2 aliphatic rings. The average Bonchev–Trinajstić information content (AvgIpc) is 3.30. The summed E-state index contributed by atoms with van der Waals surface area (Å²) in [5.41, 5.74) is -0.631. The molecule has 0 N–H and O–H groups in total. The van der Waals surface area contributed by atoms with Gasteiger partial charge in [0.15, 0.2) is 9.84 Å². The number of anilines is 1. The van der Waals surface area contributed by atoms with E-state index in [2.05, 4.69) is 0 Å². The molecule has 1 aromatic carbocycles. The summed E-state index contributed by atoms with van der Waals surface area (Å²) in [6, 6.07) is 4.45. The topological polar surface area (TPSA) is 54.5 Å². The summed E-state index contributed by atoms with van der Waals surface area (Å²) >= 11 is 0. The van der Waals surface area contributed by atoms with Crippen LogP contribution in [0.5, 0.6) is 0 Å². The van der Waals surface area contributed by atoms with Crippen LogP contribution >= 0.6 is 0 Å². The molecule has 0 spiro atoms. The molecule has 1 aliphatic heterocycles. The molecule has 0 unspecified atom stereocenters. The first-order valence-electron chi connectivity index (χ1n) is 8.29. The summed E-state index contributed by atoms with van der Waals surface area (Å²) in [6.07, 6.45) is -2.42. The van der Waals surface area contributed by atoms with Gasteiger partial charge in [0.2, 0.25) is 5.91 Å². The van der Waals surface area contributed by atoms with Crippen molar-refractivity contribution in [2.75, 3.05) is 16.4 Å². The summed E-state index contributed by atoms with van der Waals surface area (Å²) in [5, 5.41) is 0. The second-order valence-corrected chi connectivity index (χ2v) is 9.16. The van der Waals surface area contributed by atoms with E-state index in [0.717, 1.165) is 25.0 Å². The summed E-state index contributed by atoms with van der Waals surface area (Å²) < 4.78 is 62.4. The van der Waals surface area contributed by atoms with Crippen LogP contribution < -0.4 is 4.90 Å². The number of nitrogens with zero attached hydrogens (tertiary/aromatic N) is 1. The van der Waals surface area contributed by atoms with Crippen LogP contribution in [0.2, 0.25) is 0 Å². The first-order chi connectivity index (χ1) is 11.6.